The second kappa shape index (κ2) is 8.24. The number of aromatic nitrogens is 4. The molecule has 0 aliphatic heterocycles. The fourth-order valence-electron chi connectivity index (χ4n) is 2.84. The predicted molar refractivity (Wildman–Crippen MR) is 96.0 cm³/mol. The van der Waals surface area contributed by atoms with Gasteiger partial charge in [0.2, 0.25) is 0 Å². The Morgan fingerprint density at radius 3 is 2.43 bits per heavy atom. The average Bonchev–Trinajstić information content (AvgIpc) is 2.88. The quantitative estimate of drug-likeness (QED) is 0.770. The molecule has 128 valence electrons. The van der Waals surface area contributed by atoms with E-state index in [2.05, 4.69) is 43.0 Å². The Morgan fingerprint density at radius 1 is 1.09 bits per heavy atom. The minimum Gasteiger partial charge on any atom is -0.367 e. The van der Waals surface area contributed by atoms with Crippen molar-refractivity contribution in [2.24, 2.45) is 0 Å². The first-order valence-corrected chi connectivity index (χ1v) is 8.84. The van der Waals surface area contributed by atoms with E-state index in [0.717, 1.165) is 73.9 Å². The van der Waals surface area contributed by atoms with Gasteiger partial charge in [-0.15, -0.1) is 0 Å². The number of likely N-dealkylation sites (N-methyl/N-ethyl adjacent to an activating group) is 1. The summed E-state index contributed by atoms with van der Waals surface area (Å²) in [4.78, 5) is 11.9. The molecule has 2 heterocycles. The number of rotatable bonds is 9. The van der Waals surface area contributed by atoms with Gasteiger partial charge in [0.05, 0.1) is 5.69 Å². The third-order valence-corrected chi connectivity index (χ3v) is 4.19. The van der Waals surface area contributed by atoms with Gasteiger partial charge in [-0.05, 0) is 33.4 Å². The van der Waals surface area contributed by atoms with Crippen LogP contribution < -0.4 is 5.32 Å². The Morgan fingerprint density at radius 2 is 1.83 bits per heavy atom. The molecular formula is C17H30N6. The average molecular weight is 318 g/mol. The second-order valence-corrected chi connectivity index (χ2v) is 5.79. The first kappa shape index (κ1) is 17.7. The highest BCUT2D eigenvalue weighted by Crippen LogP contribution is 2.23. The summed E-state index contributed by atoms with van der Waals surface area (Å²) < 4.78 is 2.00. The van der Waals surface area contributed by atoms with Gasteiger partial charge in [0.15, 0.2) is 5.82 Å². The van der Waals surface area contributed by atoms with Crippen LogP contribution >= 0.6 is 0 Å². The molecule has 0 amide bonds. The maximum atomic E-state index is 4.76. The molecule has 0 aliphatic rings. The summed E-state index contributed by atoms with van der Waals surface area (Å²) in [6.07, 6.45) is 1.95. The van der Waals surface area contributed by atoms with E-state index < -0.39 is 0 Å². The third kappa shape index (κ3) is 3.99. The molecule has 0 saturated carbocycles. The van der Waals surface area contributed by atoms with Crippen molar-refractivity contribution in [3.05, 3.63) is 11.5 Å². The zero-order valence-electron chi connectivity index (χ0n) is 15.2. The van der Waals surface area contributed by atoms with Crippen LogP contribution in [0.5, 0.6) is 0 Å². The van der Waals surface area contributed by atoms with E-state index in [9.17, 15) is 0 Å². The molecule has 2 aromatic heterocycles. The van der Waals surface area contributed by atoms with Crippen molar-refractivity contribution in [3.63, 3.8) is 0 Å². The van der Waals surface area contributed by atoms with E-state index in [-0.39, 0.29) is 0 Å². The summed E-state index contributed by atoms with van der Waals surface area (Å²) in [5.41, 5.74) is 2.99. The minimum atomic E-state index is 0.825. The fourth-order valence-corrected chi connectivity index (χ4v) is 2.84. The molecule has 0 unspecified atom stereocenters. The number of hydrogen-bond donors (Lipinski definition) is 1. The Kier molecular flexibility index (Phi) is 6.33. The van der Waals surface area contributed by atoms with Crippen LogP contribution in [0, 0.1) is 6.92 Å². The number of fused-ring (bicyclic) bond motifs is 1. The highest BCUT2D eigenvalue weighted by molar-refractivity contribution is 5.87. The fraction of sp³-hybridized carbons (Fsp3) is 0.706. The zero-order valence-corrected chi connectivity index (χ0v) is 15.2. The SMILES string of the molecule is CCCc1nc(NCCN(CC)CC)c2c(n1)c(C)nn2CC. The van der Waals surface area contributed by atoms with Gasteiger partial charge in [0, 0.05) is 26.1 Å². The normalized spacial score (nSPS) is 11.6. The highest BCUT2D eigenvalue weighted by atomic mass is 15.3. The lowest BCUT2D eigenvalue weighted by Gasteiger charge is -2.18. The molecule has 0 fully saturated rings. The van der Waals surface area contributed by atoms with E-state index in [0.29, 0.717) is 0 Å². The van der Waals surface area contributed by atoms with Gasteiger partial charge in [-0.1, -0.05) is 20.8 Å². The van der Waals surface area contributed by atoms with Crippen LogP contribution in [0.4, 0.5) is 5.82 Å². The second-order valence-electron chi connectivity index (χ2n) is 5.79. The largest absolute Gasteiger partial charge is 0.367 e. The van der Waals surface area contributed by atoms with Crippen molar-refractivity contribution in [2.45, 2.75) is 54.0 Å². The van der Waals surface area contributed by atoms with Gasteiger partial charge in [-0.25, -0.2) is 9.97 Å². The molecule has 6 heteroatoms. The summed E-state index contributed by atoms with van der Waals surface area (Å²) in [6, 6.07) is 0. The molecule has 0 saturated heterocycles. The lowest BCUT2D eigenvalue weighted by atomic mass is 10.3. The summed E-state index contributed by atoms with van der Waals surface area (Å²) in [5.74, 6) is 1.83. The van der Waals surface area contributed by atoms with Gasteiger partial charge in [-0.2, -0.15) is 5.10 Å². The third-order valence-electron chi connectivity index (χ3n) is 4.19. The predicted octanol–water partition coefficient (Wildman–Crippen LogP) is 2.86. The summed E-state index contributed by atoms with van der Waals surface area (Å²) in [6.45, 7) is 15.5. The van der Waals surface area contributed by atoms with Crippen molar-refractivity contribution < 1.29 is 0 Å². The van der Waals surface area contributed by atoms with Crippen LogP contribution in [0.25, 0.3) is 11.0 Å². The van der Waals surface area contributed by atoms with Gasteiger partial charge >= 0.3 is 0 Å². The van der Waals surface area contributed by atoms with Crippen LogP contribution in [-0.2, 0) is 13.0 Å². The van der Waals surface area contributed by atoms with E-state index in [1.807, 2.05) is 11.6 Å². The summed E-state index contributed by atoms with van der Waals surface area (Å²) >= 11 is 0. The van der Waals surface area contributed by atoms with Crippen LogP contribution in [0.15, 0.2) is 0 Å². The van der Waals surface area contributed by atoms with Crippen molar-refractivity contribution in [1.82, 2.24) is 24.6 Å². The maximum Gasteiger partial charge on any atom is 0.156 e. The summed E-state index contributed by atoms with van der Waals surface area (Å²) in [7, 11) is 0. The molecule has 23 heavy (non-hydrogen) atoms. The molecule has 1 N–H and O–H groups in total. The van der Waals surface area contributed by atoms with Crippen LogP contribution in [0.1, 0.15) is 45.6 Å². The standard InChI is InChI=1S/C17H30N6/c1-6-10-14-19-15-13(5)21-23(9-4)16(15)17(20-14)18-11-12-22(7-2)8-3/h6-12H2,1-5H3,(H,18,19,20). The molecule has 0 aromatic carbocycles. The number of nitrogens with one attached hydrogen (secondary N) is 1. The lowest BCUT2D eigenvalue weighted by molar-refractivity contribution is 0.316. The molecular weight excluding hydrogens is 288 g/mol. The Bertz CT molecular complexity index is 630. The number of anilines is 1. The molecule has 0 atom stereocenters. The van der Waals surface area contributed by atoms with Crippen LogP contribution in [-0.4, -0.2) is 50.8 Å². The van der Waals surface area contributed by atoms with Crippen molar-refractivity contribution in [2.75, 3.05) is 31.5 Å². The first-order chi connectivity index (χ1) is 11.1. The maximum absolute atomic E-state index is 4.76. The zero-order chi connectivity index (χ0) is 16.8. The number of aryl methyl sites for hydroxylation is 3. The first-order valence-electron chi connectivity index (χ1n) is 8.84. The Labute approximate surface area is 139 Å². The van der Waals surface area contributed by atoms with Crippen LogP contribution in [0.2, 0.25) is 0 Å². The lowest BCUT2D eigenvalue weighted by Crippen LogP contribution is -2.29. The van der Waals surface area contributed by atoms with E-state index >= 15 is 0 Å². The Balaban J connectivity index is 2.31. The topological polar surface area (TPSA) is 58.9 Å². The van der Waals surface area contributed by atoms with Gasteiger partial charge in [0.1, 0.15) is 16.9 Å². The van der Waals surface area contributed by atoms with E-state index in [4.69, 9.17) is 9.97 Å². The number of hydrogen-bond acceptors (Lipinski definition) is 5. The van der Waals surface area contributed by atoms with Crippen molar-refractivity contribution >= 4 is 16.9 Å². The molecule has 0 radical (unpaired) electrons. The monoisotopic (exact) mass is 318 g/mol. The Hall–Kier alpha value is -1.69. The summed E-state index contributed by atoms with van der Waals surface area (Å²) in [5, 5.41) is 8.13. The van der Waals surface area contributed by atoms with E-state index in [1.165, 1.54) is 0 Å². The molecule has 0 aliphatic carbocycles. The van der Waals surface area contributed by atoms with Crippen molar-refractivity contribution in [3.8, 4) is 0 Å². The van der Waals surface area contributed by atoms with E-state index in [1.54, 1.807) is 0 Å². The van der Waals surface area contributed by atoms with Gasteiger partial charge in [-0.3, -0.25) is 4.68 Å². The van der Waals surface area contributed by atoms with Gasteiger partial charge < -0.3 is 10.2 Å². The van der Waals surface area contributed by atoms with Gasteiger partial charge in [0.25, 0.3) is 0 Å². The number of nitrogens with zero attached hydrogens (tertiary/aromatic N) is 5. The smallest absolute Gasteiger partial charge is 0.156 e. The molecule has 0 spiro atoms. The van der Waals surface area contributed by atoms with Crippen LogP contribution in [0.3, 0.4) is 0 Å². The molecule has 2 aromatic rings. The van der Waals surface area contributed by atoms with Crippen molar-refractivity contribution in [1.29, 1.82) is 0 Å². The minimum absolute atomic E-state index is 0.825. The molecule has 0 bridgehead atoms. The molecule has 6 nitrogen and oxygen atoms in total. The highest BCUT2D eigenvalue weighted by Gasteiger charge is 2.15. The molecule has 2 rings (SSSR count).